The number of urea groups is 1. The van der Waals surface area contributed by atoms with Gasteiger partial charge in [0, 0.05) is 39.8 Å². The maximum Gasteiger partial charge on any atom is 0.318 e. The lowest BCUT2D eigenvalue weighted by atomic mass is 10.2. The summed E-state index contributed by atoms with van der Waals surface area (Å²) in [6.45, 7) is 6.20. The van der Waals surface area contributed by atoms with Crippen LogP contribution in [-0.4, -0.2) is 56.8 Å². The molecule has 0 radical (unpaired) electrons. The zero-order chi connectivity index (χ0) is 16.2. The van der Waals surface area contributed by atoms with Crippen molar-refractivity contribution in [3.63, 3.8) is 0 Å². The molecular formula is C15H22N6OS. The van der Waals surface area contributed by atoms with Gasteiger partial charge < -0.3 is 14.8 Å². The minimum atomic E-state index is -0.154. The number of amides is 2. The summed E-state index contributed by atoms with van der Waals surface area (Å²) in [7, 11) is 1.88. The maximum absolute atomic E-state index is 12.4. The lowest BCUT2D eigenvalue weighted by Gasteiger charge is -2.35. The van der Waals surface area contributed by atoms with Crippen LogP contribution in [0.1, 0.15) is 24.4 Å². The number of thiophene rings is 1. The maximum atomic E-state index is 12.4. The molecule has 0 bridgehead atoms. The summed E-state index contributed by atoms with van der Waals surface area (Å²) < 4.78 is 1.82. The molecule has 2 amide bonds. The summed E-state index contributed by atoms with van der Waals surface area (Å²) in [6.07, 6.45) is 1.64. The Hall–Kier alpha value is -1.93. The van der Waals surface area contributed by atoms with E-state index in [9.17, 15) is 4.79 Å². The fraction of sp³-hybridized carbons (Fsp3) is 0.533. The predicted molar refractivity (Wildman–Crippen MR) is 89.1 cm³/mol. The standard InChI is InChI=1S/C15H22N6OS/c1-12(14-18-16-11-19(14)2)17-15(22)21-6-4-20(5-7-21)9-13-3-8-23-10-13/h3,8,10-12H,4-7,9H2,1-2H3,(H,17,22)/t12-/m1/s1. The Morgan fingerprint density at radius 3 is 2.78 bits per heavy atom. The third-order valence-corrected chi connectivity index (χ3v) is 4.85. The van der Waals surface area contributed by atoms with Gasteiger partial charge in [0.1, 0.15) is 6.33 Å². The quantitative estimate of drug-likeness (QED) is 0.919. The molecule has 1 fully saturated rings. The van der Waals surface area contributed by atoms with Gasteiger partial charge in [-0.1, -0.05) is 0 Å². The molecule has 0 aliphatic carbocycles. The van der Waals surface area contributed by atoms with Crippen LogP contribution in [0.5, 0.6) is 0 Å². The highest BCUT2D eigenvalue weighted by Gasteiger charge is 2.23. The first-order chi connectivity index (χ1) is 11.1. The van der Waals surface area contributed by atoms with E-state index in [1.54, 1.807) is 17.7 Å². The number of carbonyl (C=O) groups excluding carboxylic acids is 1. The molecule has 1 saturated heterocycles. The third-order valence-electron chi connectivity index (χ3n) is 4.12. The van der Waals surface area contributed by atoms with Crippen molar-refractivity contribution in [3.8, 4) is 0 Å². The molecule has 0 saturated carbocycles. The highest BCUT2D eigenvalue weighted by molar-refractivity contribution is 7.07. The van der Waals surface area contributed by atoms with Gasteiger partial charge in [-0.05, 0) is 29.3 Å². The summed E-state index contributed by atoms with van der Waals surface area (Å²) in [5.41, 5.74) is 1.35. The van der Waals surface area contributed by atoms with Crippen LogP contribution in [0.3, 0.4) is 0 Å². The van der Waals surface area contributed by atoms with Crippen LogP contribution in [0.25, 0.3) is 0 Å². The molecule has 124 valence electrons. The van der Waals surface area contributed by atoms with Crippen molar-refractivity contribution in [1.29, 1.82) is 0 Å². The van der Waals surface area contributed by atoms with E-state index in [1.807, 2.05) is 23.4 Å². The average Bonchev–Trinajstić information content (AvgIpc) is 3.19. The van der Waals surface area contributed by atoms with Crippen molar-refractivity contribution in [2.45, 2.75) is 19.5 Å². The lowest BCUT2D eigenvalue weighted by molar-refractivity contribution is 0.133. The fourth-order valence-corrected chi connectivity index (χ4v) is 3.43. The monoisotopic (exact) mass is 334 g/mol. The molecule has 7 nitrogen and oxygen atoms in total. The third kappa shape index (κ3) is 3.89. The second-order valence-corrected chi connectivity index (χ2v) is 6.65. The summed E-state index contributed by atoms with van der Waals surface area (Å²) in [4.78, 5) is 16.6. The van der Waals surface area contributed by atoms with E-state index in [2.05, 4.69) is 37.2 Å². The van der Waals surface area contributed by atoms with Crippen LogP contribution in [0.4, 0.5) is 4.79 Å². The van der Waals surface area contributed by atoms with Crippen molar-refractivity contribution < 1.29 is 4.79 Å². The zero-order valence-corrected chi connectivity index (χ0v) is 14.3. The molecule has 2 aromatic rings. The van der Waals surface area contributed by atoms with Crippen LogP contribution in [0.2, 0.25) is 0 Å². The minimum absolute atomic E-state index is 0.0318. The van der Waals surface area contributed by atoms with Gasteiger partial charge in [0.25, 0.3) is 0 Å². The van der Waals surface area contributed by atoms with E-state index in [0.717, 1.165) is 38.5 Å². The van der Waals surface area contributed by atoms with Gasteiger partial charge in [-0.2, -0.15) is 11.3 Å². The number of hydrogen-bond donors (Lipinski definition) is 1. The molecular weight excluding hydrogens is 312 g/mol. The van der Waals surface area contributed by atoms with E-state index in [4.69, 9.17) is 0 Å². The smallest absolute Gasteiger partial charge is 0.318 e. The van der Waals surface area contributed by atoms with Crippen molar-refractivity contribution >= 4 is 17.4 Å². The molecule has 0 aromatic carbocycles. The number of aromatic nitrogens is 3. The van der Waals surface area contributed by atoms with Crippen LogP contribution in [-0.2, 0) is 13.6 Å². The largest absolute Gasteiger partial charge is 0.328 e. The number of nitrogens with one attached hydrogen (secondary N) is 1. The van der Waals surface area contributed by atoms with Gasteiger partial charge in [0.05, 0.1) is 6.04 Å². The molecule has 1 atom stereocenters. The highest BCUT2D eigenvalue weighted by Crippen LogP contribution is 2.13. The second kappa shape index (κ2) is 7.10. The van der Waals surface area contributed by atoms with Crippen molar-refractivity contribution in [2.24, 2.45) is 7.05 Å². The average molecular weight is 334 g/mol. The molecule has 0 unspecified atom stereocenters. The van der Waals surface area contributed by atoms with E-state index in [-0.39, 0.29) is 12.1 Å². The molecule has 8 heteroatoms. The number of hydrogen-bond acceptors (Lipinski definition) is 5. The topological polar surface area (TPSA) is 66.3 Å². The Morgan fingerprint density at radius 2 is 2.17 bits per heavy atom. The van der Waals surface area contributed by atoms with Gasteiger partial charge in [-0.15, -0.1) is 10.2 Å². The van der Waals surface area contributed by atoms with Gasteiger partial charge in [-0.3, -0.25) is 4.90 Å². The fourth-order valence-electron chi connectivity index (χ4n) is 2.78. The zero-order valence-electron chi connectivity index (χ0n) is 13.5. The molecule has 1 aliphatic heterocycles. The van der Waals surface area contributed by atoms with Gasteiger partial charge in [0.2, 0.25) is 0 Å². The summed E-state index contributed by atoms with van der Waals surface area (Å²) in [5.74, 6) is 0.759. The summed E-state index contributed by atoms with van der Waals surface area (Å²) in [5, 5.41) is 15.2. The number of carbonyl (C=O) groups is 1. The molecule has 0 spiro atoms. The SMILES string of the molecule is C[C@@H](NC(=O)N1CCN(Cc2ccsc2)CC1)c1nncn1C. The first-order valence-corrected chi connectivity index (χ1v) is 8.70. The number of piperazine rings is 1. The predicted octanol–water partition coefficient (Wildman–Crippen LogP) is 1.46. The Kier molecular flexibility index (Phi) is 4.92. The Balaban J connectivity index is 1.47. The number of aryl methyl sites for hydroxylation is 1. The Morgan fingerprint density at radius 1 is 1.39 bits per heavy atom. The molecule has 2 aromatic heterocycles. The number of nitrogens with zero attached hydrogens (tertiary/aromatic N) is 5. The van der Waals surface area contributed by atoms with E-state index < -0.39 is 0 Å². The molecule has 23 heavy (non-hydrogen) atoms. The van der Waals surface area contributed by atoms with Crippen LogP contribution < -0.4 is 5.32 Å². The summed E-state index contributed by atoms with van der Waals surface area (Å²) >= 11 is 1.73. The van der Waals surface area contributed by atoms with Crippen LogP contribution in [0.15, 0.2) is 23.2 Å². The lowest BCUT2D eigenvalue weighted by Crippen LogP contribution is -2.51. The van der Waals surface area contributed by atoms with Crippen LogP contribution in [0, 0.1) is 0 Å². The van der Waals surface area contributed by atoms with Crippen molar-refractivity contribution in [3.05, 3.63) is 34.5 Å². The first-order valence-electron chi connectivity index (χ1n) is 7.76. The van der Waals surface area contributed by atoms with Gasteiger partial charge in [0.15, 0.2) is 5.82 Å². The van der Waals surface area contributed by atoms with Crippen LogP contribution >= 0.6 is 11.3 Å². The van der Waals surface area contributed by atoms with Crippen molar-refractivity contribution in [2.75, 3.05) is 26.2 Å². The van der Waals surface area contributed by atoms with E-state index in [1.165, 1.54) is 5.56 Å². The molecule has 1 N–H and O–H groups in total. The first kappa shape index (κ1) is 15.9. The molecule has 3 heterocycles. The summed E-state index contributed by atoms with van der Waals surface area (Å²) in [6, 6.07) is 1.97. The van der Waals surface area contributed by atoms with E-state index in [0.29, 0.717) is 0 Å². The van der Waals surface area contributed by atoms with Gasteiger partial charge >= 0.3 is 6.03 Å². The highest BCUT2D eigenvalue weighted by atomic mass is 32.1. The minimum Gasteiger partial charge on any atom is -0.328 e. The number of rotatable bonds is 4. The normalized spacial score (nSPS) is 17.2. The Bertz CT molecular complexity index is 632. The van der Waals surface area contributed by atoms with E-state index >= 15 is 0 Å². The second-order valence-electron chi connectivity index (χ2n) is 5.87. The Labute approximate surface area is 139 Å². The van der Waals surface area contributed by atoms with Gasteiger partial charge in [-0.25, -0.2) is 4.79 Å². The molecule has 1 aliphatic rings. The molecule has 3 rings (SSSR count). The van der Waals surface area contributed by atoms with Crippen molar-refractivity contribution in [1.82, 2.24) is 29.9 Å².